The van der Waals surface area contributed by atoms with Gasteiger partial charge in [0.15, 0.2) is 0 Å². The maximum atomic E-state index is 12.4. The molecule has 0 saturated carbocycles. The molecule has 1 aliphatic heterocycles. The summed E-state index contributed by atoms with van der Waals surface area (Å²) >= 11 is 0. The van der Waals surface area contributed by atoms with Gasteiger partial charge in [-0.2, -0.15) is 0 Å². The zero-order chi connectivity index (χ0) is 15.4. The molecule has 2 heteroatoms. The summed E-state index contributed by atoms with van der Waals surface area (Å²) in [6.45, 7) is 4.68. The molecule has 0 aromatic heterocycles. The zero-order valence-corrected chi connectivity index (χ0v) is 13.2. The molecular weight excluding hydrogens is 270 g/mol. The molecule has 1 saturated heterocycles. The molecule has 2 aromatic carbocycles. The van der Waals surface area contributed by atoms with E-state index >= 15 is 0 Å². The minimum Gasteiger partial charge on any atom is -0.299 e. The molecule has 3 rings (SSSR count). The molecular formula is C20H23NO. The molecule has 0 unspecified atom stereocenters. The van der Waals surface area contributed by atoms with Crippen molar-refractivity contribution in [1.82, 2.24) is 4.90 Å². The van der Waals surface area contributed by atoms with Crippen molar-refractivity contribution in [2.24, 2.45) is 0 Å². The number of piperidine rings is 1. The Morgan fingerprint density at radius 1 is 0.955 bits per heavy atom. The first-order valence-corrected chi connectivity index (χ1v) is 8.03. The van der Waals surface area contributed by atoms with E-state index in [1.54, 1.807) is 6.92 Å². The molecule has 2 aromatic rings. The number of carbonyl (C=O) groups is 1. The fourth-order valence-corrected chi connectivity index (χ4v) is 3.54. The van der Waals surface area contributed by atoms with Crippen LogP contribution in [0, 0.1) is 0 Å². The molecule has 0 aliphatic carbocycles. The molecule has 22 heavy (non-hydrogen) atoms. The van der Waals surface area contributed by atoms with Crippen molar-refractivity contribution in [2.45, 2.75) is 31.7 Å². The average Bonchev–Trinajstić information content (AvgIpc) is 2.57. The fraction of sp³-hybridized carbons (Fsp3) is 0.350. The number of likely N-dealkylation sites (tertiary alicyclic amines) is 1. The van der Waals surface area contributed by atoms with E-state index in [9.17, 15) is 4.79 Å². The second-order valence-electron chi connectivity index (χ2n) is 6.27. The van der Waals surface area contributed by atoms with E-state index in [4.69, 9.17) is 0 Å². The third kappa shape index (κ3) is 2.97. The minimum absolute atomic E-state index is 0.283. The van der Waals surface area contributed by atoms with Crippen LogP contribution in [0.3, 0.4) is 0 Å². The summed E-state index contributed by atoms with van der Waals surface area (Å²) in [4.78, 5) is 14.8. The van der Waals surface area contributed by atoms with Gasteiger partial charge in [-0.25, -0.2) is 0 Å². The normalized spacial score (nSPS) is 18.0. The highest BCUT2D eigenvalue weighted by molar-refractivity contribution is 5.88. The number of benzene rings is 2. The van der Waals surface area contributed by atoms with Crippen LogP contribution in [0.1, 0.15) is 30.9 Å². The van der Waals surface area contributed by atoms with Crippen LogP contribution in [0.25, 0.3) is 0 Å². The predicted octanol–water partition coefficient (Wildman–Crippen LogP) is 3.81. The van der Waals surface area contributed by atoms with Crippen LogP contribution in [0.2, 0.25) is 0 Å². The van der Waals surface area contributed by atoms with Gasteiger partial charge in [-0.1, -0.05) is 60.7 Å². The number of hydrogen-bond acceptors (Lipinski definition) is 2. The Kier molecular flexibility index (Phi) is 4.39. The number of carbonyl (C=O) groups excluding carboxylic acids is 1. The molecule has 2 nitrogen and oxygen atoms in total. The Morgan fingerprint density at radius 3 is 2.05 bits per heavy atom. The van der Waals surface area contributed by atoms with Gasteiger partial charge in [0.25, 0.3) is 0 Å². The summed E-state index contributed by atoms with van der Waals surface area (Å²) in [5.41, 5.74) is 2.24. The SMILES string of the molecule is CC(=O)C1(c2ccccc2)CCN(Cc2ccccc2)CC1. The molecule has 114 valence electrons. The van der Waals surface area contributed by atoms with Gasteiger partial charge in [0, 0.05) is 6.54 Å². The minimum atomic E-state index is -0.283. The van der Waals surface area contributed by atoms with Crippen LogP contribution >= 0.6 is 0 Å². The van der Waals surface area contributed by atoms with Gasteiger partial charge >= 0.3 is 0 Å². The van der Waals surface area contributed by atoms with Gasteiger partial charge in [-0.3, -0.25) is 9.69 Å². The first kappa shape index (κ1) is 15.0. The third-order valence-electron chi connectivity index (χ3n) is 4.96. The monoisotopic (exact) mass is 293 g/mol. The third-order valence-corrected chi connectivity index (χ3v) is 4.96. The number of hydrogen-bond donors (Lipinski definition) is 0. The smallest absolute Gasteiger partial charge is 0.140 e. The number of rotatable bonds is 4. The van der Waals surface area contributed by atoms with E-state index in [0.29, 0.717) is 5.78 Å². The highest BCUT2D eigenvalue weighted by atomic mass is 16.1. The van der Waals surface area contributed by atoms with E-state index in [0.717, 1.165) is 32.5 Å². The second kappa shape index (κ2) is 6.45. The maximum absolute atomic E-state index is 12.4. The lowest BCUT2D eigenvalue weighted by Gasteiger charge is -2.40. The van der Waals surface area contributed by atoms with Crippen LogP contribution < -0.4 is 0 Å². The summed E-state index contributed by atoms with van der Waals surface area (Å²) in [6.07, 6.45) is 1.83. The molecule has 1 aliphatic rings. The van der Waals surface area contributed by atoms with Gasteiger partial charge < -0.3 is 0 Å². The summed E-state index contributed by atoms with van der Waals surface area (Å²) in [5, 5.41) is 0. The topological polar surface area (TPSA) is 20.3 Å². The first-order chi connectivity index (χ1) is 10.7. The highest BCUT2D eigenvalue weighted by Gasteiger charge is 2.40. The van der Waals surface area contributed by atoms with Gasteiger partial charge in [0.2, 0.25) is 0 Å². The second-order valence-corrected chi connectivity index (χ2v) is 6.27. The first-order valence-electron chi connectivity index (χ1n) is 8.03. The van der Waals surface area contributed by atoms with Gasteiger partial charge in [0.05, 0.1) is 5.41 Å². The Labute approximate surface area is 132 Å². The van der Waals surface area contributed by atoms with E-state index in [1.165, 1.54) is 11.1 Å². The van der Waals surface area contributed by atoms with Crippen molar-refractivity contribution in [1.29, 1.82) is 0 Å². The van der Waals surface area contributed by atoms with E-state index < -0.39 is 0 Å². The van der Waals surface area contributed by atoms with E-state index in [2.05, 4.69) is 47.4 Å². The largest absolute Gasteiger partial charge is 0.299 e. The fourth-order valence-electron chi connectivity index (χ4n) is 3.54. The molecule has 1 heterocycles. The van der Waals surface area contributed by atoms with Crippen molar-refractivity contribution >= 4 is 5.78 Å². The number of ketones is 1. The predicted molar refractivity (Wildman–Crippen MR) is 89.8 cm³/mol. The van der Waals surface area contributed by atoms with Gasteiger partial charge in [-0.05, 0) is 44.0 Å². The summed E-state index contributed by atoms with van der Waals surface area (Å²) in [6, 6.07) is 20.9. The van der Waals surface area contributed by atoms with E-state index in [-0.39, 0.29) is 5.41 Å². The van der Waals surface area contributed by atoms with Crippen molar-refractivity contribution in [3.8, 4) is 0 Å². The van der Waals surface area contributed by atoms with Crippen LogP contribution in [0.15, 0.2) is 60.7 Å². The summed E-state index contributed by atoms with van der Waals surface area (Å²) in [7, 11) is 0. The lowest BCUT2D eigenvalue weighted by molar-refractivity contribution is -0.124. The number of Topliss-reactive ketones (excluding diaryl/α,β-unsaturated/α-hetero) is 1. The number of nitrogens with zero attached hydrogens (tertiary/aromatic N) is 1. The summed E-state index contributed by atoms with van der Waals surface area (Å²) in [5.74, 6) is 0.304. The molecule has 0 bridgehead atoms. The lowest BCUT2D eigenvalue weighted by atomic mass is 9.70. The van der Waals surface area contributed by atoms with Crippen molar-refractivity contribution in [3.63, 3.8) is 0 Å². The molecule has 1 fully saturated rings. The van der Waals surface area contributed by atoms with Gasteiger partial charge in [-0.15, -0.1) is 0 Å². The Balaban J connectivity index is 1.72. The standard InChI is InChI=1S/C20H23NO/c1-17(22)20(19-10-6-3-7-11-19)12-14-21(15-13-20)16-18-8-4-2-5-9-18/h2-11H,12-16H2,1H3. The summed E-state index contributed by atoms with van der Waals surface area (Å²) < 4.78 is 0. The average molecular weight is 293 g/mol. The maximum Gasteiger partial charge on any atom is 0.140 e. The zero-order valence-electron chi connectivity index (χ0n) is 13.2. The molecule has 0 radical (unpaired) electrons. The van der Waals surface area contributed by atoms with Crippen molar-refractivity contribution in [3.05, 3.63) is 71.8 Å². The highest BCUT2D eigenvalue weighted by Crippen LogP contribution is 2.36. The van der Waals surface area contributed by atoms with Crippen LogP contribution in [0.5, 0.6) is 0 Å². The van der Waals surface area contributed by atoms with Crippen molar-refractivity contribution < 1.29 is 4.79 Å². The molecule has 0 N–H and O–H groups in total. The Bertz CT molecular complexity index is 613. The van der Waals surface area contributed by atoms with E-state index in [1.807, 2.05) is 18.2 Å². The van der Waals surface area contributed by atoms with Crippen LogP contribution in [-0.4, -0.2) is 23.8 Å². The van der Waals surface area contributed by atoms with Crippen molar-refractivity contribution in [2.75, 3.05) is 13.1 Å². The van der Waals surface area contributed by atoms with Gasteiger partial charge in [0.1, 0.15) is 5.78 Å². The Hall–Kier alpha value is -1.93. The van der Waals surface area contributed by atoms with Crippen LogP contribution in [0.4, 0.5) is 0 Å². The molecule has 0 atom stereocenters. The Morgan fingerprint density at radius 2 is 1.50 bits per heavy atom. The lowest BCUT2D eigenvalue weighted by Crippen LogP contribution is -2.46. The van der Waals surface area contributed by atoms with Crippen LogP contribution in [-0.2, 0) is 16.8 Å². The quantitative estimate of drug-likeness (QED) is 0.854. The molecule has 0 spiro atoms. The molecule has 0 amide bonds.